The standard InChI is InChI=1S/C13H15NO4/c1-13(2,18)12(17)14-9-6-4-3-5-8(9)7-10(14)11(15)16/h3-6,10,18H,7H2,1-2H3,(H,15,16). The van der Waals surface area contributed by atoms with Gasteiger partial charge in [0.25, 0.3) is 5.91 Å². The van der Waals surface area contributed by atoms with Crippen molar-refractivity contribution in [1.82, 2.24) is 0 Å². The Balaban J connectivity index is 2.47. The van der Waals surface area contributed by atoms with Gasteiger partial charge in [0.15, 0.2) is 0 Å². The van der Waals surface area contributed by atoms with Gasteiger partial charge in [0.1, 0.15) is 11.6 Å². The lowest BCUT2D eigenvalue weighted by Gasteiger charge is -2.28. The van der Waals surface area contributed by atoms with Crippen LogP contribution in [0, 0.1) is 0 Å². The van der Waals surface area contributed by atoms with E-state index in [9.17, 15) is 19.8 Å². The van der Waals surface area contributed by atoms with Crippen molar-refractivity contribution in [2.75, 3.05) is 4.90 Å². The molecule has 1 atom stereocenters. The van der Waals surface area contributed by atoms with Crippen LogP contribution in [0.4, 0.5) is 5.69 Å². The van der Waals surface area contributed by atoms with Gasteiger partial charge in [-0.25, -0.2) is 4.79 Å². The normalized spacial score (nSPS) is 18.6. The van der Waals surface area contributed by atoms with Crippen molar-refractivity contribution in [3.8, 4) is 0 Å². The van der Waals surface area contributed by atoms with Crippen LogP contribution in [0.5, 0.6) is 0 Å². The zero-order valence-electron chi connectivity index (χ0n) is 10.3. The summed E-state index contributed by atoms with van der Waals surface area (Å²) in [5, 5.41) is 19.0. The van der Waals surface area contributed by atoms with Crippen LogP contribution in [-0.2, 0) is 16.0 Å². The number of fused-ring (bicyclic) bond motifs is 1. The minimum Gasteiger partial charge on any atom is -0.480 e. The molecule has 1 heterocycles. The zero-order chi connectivity index (χ0) is 13.5. The summed E-state index contributed by atoms with van der Waals surface area (Å²) in [5.41, 5.74) is -0.218. The van der Waals surface area contributed by atoms with Crippen molar-refractivity contribution in [2.24, 2.45) is 0 Å². The zero-order valence-corrected chi connectivity index (χ0v) is 10.3. The Hall–Kier alpha value is -1.88. The molecule has 0 aliphatic carbocycles. The number of rotatable bonds is 2. The Morgan fingerprint density at radius 2 is 1.94 bits per heavy atom. The number of carbonyl (C=O) groups excluding carboxylic acids is 1. The summed E-state index contributed by atoms with van der Waals surface area (Å²) in [7, 11) is 0. The van der Waals surface area contributed by atoms with Crippen LogP contribution < -0.4 is 4.90 Å². The Bertz CT molecular complexity index is 504. The Labute approximate surface area is 105 Å². The van der Waals surface area contributed by atoms with Gasteiger partial charge in [0.2, 0.25) is 0 Å². The molecule has 1 aromatic rings. The summed E-state index contributed by atoms with van der Waals surface area (Å²) >= 11 is 0. The predicted octanol–water partition coefficient (Wildman–Crippen LogP) is 0.800. The van der Waals surface area contributed by atoms with Crippen LogP contribution in [0.25, 0.3) is 0 Å². The van der Waals surface area contributed by atoms with E-state index in [1.807, 2.05) is 0 Å². The maximum Gasteiger partial charge on any atom is 0.327 e. The number of aliphatic hydroxyl groups is 1. The van der Waals surface area contributed by atoms with E-state index in [2.05, 4.69) is 0 Å². The fourth-order valence-corrected chi connectivity index (χ4v) is 2.13. The van der Waals surface area contributed by atoms with Gasteiger partial charge < -0.3 is 10.2 Å². The second-order valence-electron chi connectivity index (χ2n) is 4.92. The van der Waals surface area contributed by atoms with Gasteiger partial charge in [-0.2, -0.15) is 0 Å². The maximum atomic E-state index is 12.2. The minimum absolute atomic E-state index is 0.271. The van der Waals surface area contributed by atoms with Crippen molar-refractivity contribution >= 4 is 17.6 Å². The molecular formula is C13H15NO4. The molecule has 0 radical (unpaired) electrons. The highest BCUT2D eigenvalue weighted by atomic mass is 16.4. The van der Waals surface area contributed by atoms with Crippen molar-refractivity contribution in [3.63, 3.8) is 0 Å². The number of benzene rings is 1. The molecule has 96 valence electrons. The lowest BCUT2D eigenvalue weighted by molar-refractivity contribution is -0.142. The third-order valence-electron chi connectivity index (χ3n) is 3.00. The molecule has 1 unspecified atom stereocenters. The highest BCUT2D eigenvalue weighted by Gasteiger charge is 2.42. The van der Waals surface area contributed by atoms with E-state index in [1.54, 1.807) is 24.3 Å². The molecule has 0 bridgehead atoms. The number of hydrogen-bond acceptors (Lipinski definition) is 3. The molecule has 5 nitrogen and oxygen atoms in total. The number of anilines is 1. The second-order valence-corrected chi connectivity index (χ2v) is 4.92. The van der Waals surface area contributed by atoms with Crippen molar-refractivity contribution in [2.45, 2.75) is 31.9 Å². The average molecular weight is 249 g/mol. The first-order valence-corrected chi connectivity index (χ1v) is 5.69. The second kappa shape index (κ2) is 4.10. The van der Waals surface area contributed by atoms with Gasteiger partial charge in [-0.15, -0.1) is 0 Å². The molecule has 2 N–H and O–H groups in total. The van der Waals surface area contributed by atoms with Crippen molar-refractivity contribution in [3.05, 3.63) is 29.8 Å². The van der Waals surface area contributed by atoms with Crippen LogP contribution in [0.1, 0.15) is 19.4 Å². The van der Waals surface area contributed by atoms with Crippen LogP contribution >= 0.6 is 0 Å². The molecule has 5 heteroatoms. The molecule has 1 aliphatic heterocycles. The largest absolute Gasteiger partial charge is 0.480 e. The van der Waals surface area contributed by atoms with Gasteiger partial charge in [-0.05, 0) is 25.5 Å². The number of nitrogens with zero attached hydrogens (tertiary/aromatic N) is 1. The van der Waals surface area contributed by atoms with Gasteiger partial charge in [0, 0.05) is 12.1 Å². The van der Waals surface area contributed by atoms with Gasteiger partial charge >= 0.3 is 5.97 Å². The number of hydrogen-bond donors (Lipinski definition) is 2. The predicted molar refractivity (Wildman–Crippen MR) is 65.4 cm³/mol. The number of carboxylic acids is 1. The third-order valence-corrected chi connectivity index (χ3v) is 3.00. The summed E-state index contributed by atoms with van der Waals surface area (Å²) in [6.07, 6.45) is 0.271. The number of para-hydroxylation sites is 1. The highest BCUT2D eigenvalue weighted by molar-refractivity contribution is 6.05. The van der Waals surface area contributed by atoms with E-state index < -0.39 is 23.5 Å². The van der Waals surface area contributed by atoms with Crippen molar-refractivity contribution < 1.29 is 19.8 Å². The maximum absolute atomic E-state index is 12.2. The van der Waals surface area contributed by atoms with Gasteiger partial charge in [-0.3, -0.25) is 9.69 Å². The lowest BCUT2D eigenvalue weighted by Crippen LogP contribution is -2.51. The summed E-state index contributed by atoms with van der Waals surface area (Å²) in [5.74, 6) is -1.66. The Morgan fingerprint density at radius 3 is 2.50 bits per heavy atom. The van der Waals surface area contributed by atoms with E-state index in [0.29, 0.717) is 5.69 Å². The fourth-order valence-electron chi connectivity index (χ4n) is 2.13. The monoisotopic (exact) mass is 249 g/mol. The molecule has 1 aromatic carbocycles. The first kappa shape index (κ1) is 12.6. The topological polar surface area (TPSA) is 77.8 Å². The minimum atomic E-state index is -1.59. The summed E-state index contributed by atoms with van der Waals surface area (Å²) in [6, 6.07) is 6.09. The van der Waals surface area contributed by atoms with Gasteiger partial charge in [-0.1, -0.05) is 18.2 Å². The molecule has 18 heavy (non-hydrogen) atoms. The molecule has 1 amide bonds. The van der Waals surface area contributed by atoms with E-state index in [4.69, 9.17) is 0 Å². The lowest BCUT2D eigenvalue weighted by atomic mass is 10.1. The molecule has 0 saturated heterocycles. The van der Waals surface area contributed by atoms with Crippen LogP contribution in [-0.4, -0.2) is 33.7 Å². The SMILES string of the molecule is CC(C)(O)C(=O)N1c2ccccc2CC1C(=O)O. The summed E-state index contributed by atoms with van der Waals surface area (Å²) < 4.78 is 0. The summed E-state index contributed by atoms with van der Waals surface area (Å²) in [6.45, 7) is 2.71. The highest BCUT2D eigenvalue weighted by Crippen LogP contribution is 2.33. The van der Waals surface area contributed by atoms with E-state index in [1.165, 1.54) is 18.7 Å². The van der Waals surface area contributed by atoms with E-state index in [-0.39, 0.29) is 6.42 Å². The number of aliphatic carboxylic acids is 1. The fraction of sp³-hybridized carbons (Fsp3) is 0.385. The van der Waals surface area contributed by atoms with Crippen LogP contribution in [0.15, 0.2) is 24.3 Å². The summed E-state index contributed by atoms with van der Waals surface area (Å²) in [4.78, 5) is 24.6. The molecule has 0 fully saturated rings. The molecular weight excluding hydrogens is 234 g/mol. The van der Waals surface area contributed by atoms with Crippen LogP contribution in [0.3, 0.4) is 0 Å². The van der Waals surface area contributed by atoms with E-state index in [0.717, 1.165) is 5.56 Å². The van der Waals surface area contributed by atoms with E-state index >= 15 is 0 Å². The number of amides is 1. The Morgan fingerprint density at radius 1 is 1.33 bits per heavy atom. The first-order chi connectivity index (χ1) is 8.32. The average Bonchev–Trinajstić information content (AvgIpc) is 2.65. The van der Waals surface area contributed by atoms with Crippen molar-refractivity contribution in [1.29, 1.82) is 0 Å². The smallest absolute Gasteiger partial charge is 0.327 e. The number of carbonyl (C=O) groups is 2. The van der Waals surface area contributed by atoms with Gasteiger partial charge in [0.05, 0.1) is 0 Å². The third kappa shape index (κ3) is 1.97. The molecule has 1 aliphatic rings. The molecule has 0 spiro atoms. The quantitative estimate of drug-likeness (QED) is 0.812. The van der Waals surface area contributed by atoms with Crippen LogP contribution in [0.2, 0.25) is 0 Å². The Kier molecular flexibility index (Phi) is 2.86. The molecule has 2 rings (SSSR count). The molecule has 0 saturated carbocycles. The molecule has 0 aromatic heterocycles. The number of carboxylic acid groups (broad SMARTS) is 1. The first-order valence-electron chi connectivity index (χ1n) is 5.69.